The summed E-state index contributed by atoms with van der Waals surface area (Å²) in [5, 5.41) is 14.5. The van der Waals surface area contributed by atoms with Gasteiger partial charge in [0.2, 0.25) is 5.91 Å². The number of nitrogens with one attached hydrogen (secondary N) is 2. The molecule has 0 atom stereocenters. The lowest BCUT2D eigenvalue weighted by Crippen LogP contribution is -2.40. The predicted octanol–water partition coefficient (Wildman–Crippen LogP) is 1.70. The number of rotatable bonds is 6. The number of hydrogen-bond donors (Lipinski definition) is 3. The standard InChI is InChI=1S/C14H14Cl2N2O4/c15-9-2-1-8(5-10(9)16)12(20)17-6-11(19)18-7-14(3-4-14)13(21)22/h1-2,5H,3-4,6-7H2,(H,17,20)(H,18,19)(H,21,22). The summed E-state index contributed by atoms with van der Waals surface area (Å²) in [6, 6.07) is 4.38. The van der Waals surface area contributed by atoms with Crippen molar-refractivity contribution in [3.63, 3.8) is 0 Å². The highest BCUT2D eigenvalue weighted by molar-refractivity contribution is 6.42. The van der Waals surface area contributed by atoms with E-state index in [0.717, 1.165) is 0 Å². The molecule has 1 saturated carbocycles. The van der Waals surface area contributed by atoms with Crippen molar-refractivity contribution in [2.24, 2.45) is 5.41 Å². The third kappa shape index (κ3) is 3.90. The zero-order valence-corrected chi connectivity index (χ0v) is 13.0. The van der Waals surface area contributed by atoms with Gasteiger partial charge in [-0.25, -0.2) is 0 Å². The molecule has 2 amide bonds. The molecule has 1 aliphatic carbocycles. The van der Waals surface area contributed by atoms with E-state index in [1.165, 1.54) is 18.2 Å². The highest BCUT2D eigenvalue weighted by atomic mass is 35.5. The van der Waals surface area contributed by atoms with Crippen LogP contribution < -0.4 is 10.6 Å². The Labute approximate surface area is 136 Å². The van der Waals surface area contributed by atoms with E-state index in [1.807, 2.05) is 0 Å². The van der Waals surface area contributed by atoms with Gasteiger partial charge in [-0.2, -0.15) is 0 Å². The predicted molar refractivity (Wildman–Crippen MR) is 81.1 cm³/mol. The Hall–Kier alpha value is -1.79. The average Bonchev–Trinajstić information content (AvgIpc) is 3.26. The molecular weight excluding hydrogens is 331 g/mol. The maximum atomic E-state index is 11.8. The maximum Gasteiger partial charge on any atom is 0.311 e. The molecule has 2 rings (SSSR count). The lowest BCUT2D eigenvalue weighted by molar-refractivity contribution is -0.143. The number of carbonyl (C=O) groups excluding carboxylic acids is 2. The van der Waals surface area contributed by atoms with Crippen molar-refractivity contribution in [3.8, 4) is 0 Å². The molecule has 0 spiro atoms. The number of carboxylic acids is 1. The van der Waals surface area contributed by atoms with Crippen LogP contribution in [0.3, 0.4) is 0 Å². The van der Waals surface area contributed by atoms with E-state index in [9.17, 15) is 14.4 Å². The molecule has 6 nitrogen and oxygen atoms in total. The van der Waals surface area contributed by atoms with Crippen molar-refractivity contribution in [1.82, 2.24) is 10.6 Å². The van der Waals surface area contributed by atoms with Gasteiger partial charge in [0, 0.05) is 12.1 Å². The molecule has 1 aliphatic rings. The molecule has 8 heteroatoms. The number of carboxylic acid groups (broad SMARTS) is 1. The molecule has 0 unspecified atom stereocenters. The SMILES string of the molecule is O=C(CNC(=O)c1ccc(Cl)c(Cl)c1)NCC1(C(=O)O)CC1. The number of amides is 2. The first-order valence-electron chi connectivity index (χ1n) is 6.57. The van der Waals surface area contributed by atoms with Crippen LogP contribution in [-0.4, -0.2) is 36.0 Å². The van der Waals surface area contributed by atoms with Gasteiger partial charge in [-0.1, -0.05) is 23.2 Å². The van der Waals surface area contributed by atoms with E-state index in [-0.39, 0.29) is 23.7 Å². The molecule has 0 saturated heterocycles. The van der Waals surface area contributed by atoms with Crippen LogP contribution in [0.2, 0.25) is 10.0 Å². The Balaban J connectivity index is 1.79. The third-order valence-corrected chi connectivity index (χ3v) is 4.26. The minimum absolute atomic E-state index is 0.0732. The molecule has 0 aromatic heterocycles. The van der Waals surface area contributed by atoms with E-state index in [4.69, 9.17) is 28.3 Å². The molecule has 1 aromatic rings. The molecule has 22 heavy (non-hydrogen) atoms. The quantitative estimate of drug-likeness (QED) is 0.731. The molecule has 0 radical (unpaired) electrons. The normalized spacial score (nSPS) is 15.0. The fraction of sp³-hybridized carbons (Fsp3) is 0.357. The first kappa shape index (κ1) is 16.6. The topological polar surface area (TPSA) is 95.5 Å². The van der Waals surface area contributed by atoms with Crippen LogP contribution in [0.25, 0.3) is 0 Å². The highest BCUT2D eigenvalue weighted by Gasteiger charge is 2.50. The highest BCUT2D eigenvalue weighted by Crippen LogP contribution is 2.45. The second kappa shape index (κ2) is 6.54. The lowest BCUT2D eigenvalue weighted by Gasteiger charge is -2.11. The summed E-state index contributed by atoms with van der Waals surface area (Å²) in [6.45, 7) is -0.168. The summed E-state index contributed by atoms with van der Waals surface area (Å²) in [5.41, 5.74) is -0.546. The molecule has 0 bridgehead atoms. The minimum Gasteiger partial charge on any atom is -0.481 e. The van der Waals surface area contributed by atoms with E-state index in [0.29, 0.717) is 17.9 Å². The lowest BCUT2D eigenvalue weighted by atomic mass is 10.1. The van der Waals surface area contributed by atoms with Gasteiger partial charge in [-0.3, -0.25) is 14.4 Å². The summed E-state index contributed by atoms with van der Waals surface area (Å²) in [5.74, 6) is -1.82. The van der Waals surface area contributed by atoms with Crippen molar-refractivity contribution in [2.45, 2.75) is 12.8 Å². The molecule has 118 valence electrons. The van der Waals surface area contributed by atoms with Crippen molar-refractivity contribution in [3.05, 3.63) is 33.8 Å². The van der Waals surface area contributed by atoms with Crippen LogP contribution in [-0.2, 0) is 9.59 Å². The first-order valence-corrected chi connectivity index (χ1v) is 7.33. The van der Waals surface area contributed by atoms with Crippen molar-refractivity contribution in [2.75, 3.05) is 13.1 Å². The fourth-order valence-corrected chi connectivity index (χ4v) is 2.15. The second-order valence-electron chi connectivity index (χ2n) is 5.17. The number of benzene rings is 1. The number of carbonyl (C=O) groups is 3. The molecule has 1 aromatic carbocycles. The molecular formula is C14H14Cl2N2O4. The van der Waals surface area contributed by atoms with Crippen LogP contribution in [0.5, 0.6) is 0 Å². The van der Waals surface area contributed by atoms with Gasteiger partial charge >= 0.3 is 5.97 Å². The van der Waals surface area contributed by atoms with E-state index >= 15 is 0 Å². The van der Waals surface area contributed by atoms with Gasteiger partial charge in [-0.15, -0.1) is 0 Å². The first-order chi connectivity index (χ1) is 10.3. The molecule has 0 aliphatic heterocycles. The number of hydrogen-bond acceptors (Lipinski definition) is 3. The average molecular weight is 345 g/mol. The Morgan fingerprint density at radius 1 is 1.14 bits per heavy atom. The van der Waals surface area contributed by atoms with E-state index in [2.05, 4.69) is 10.6 Å². The Morgan fingerprint density at radius 3 is 2.36 bits per heavy atom. The Morgan fingerprint density at radius 2 is 1.82 bits per heavy atom. The summed E-state index contributed by atoms with van der Waals surface area (Å²) in [6.07, 6.45) is 1.11. The van der Waals surface area contributed by atoms with Crippen molar-refractivity contribution >= 4 is 41.0 Å². The fourth-order valence-electron chi connectivity index (χ4n) is 1.85. The Bertz CT molecular complexity index is 629. The third-order valence-electron chi connectivity index (χ3n) is 3.52. The maximum absolute atomic E-state index is 11.8. The van der Waals surface area contributed by atoms with Crippen LogP contribution in [0, 0.1) is 5.41 Å². The molecule has 3 N–H and O–H groups in total. The smallest absolute Gasteiger partial charge is 0.311 e. The Kier molecular flexibility index (Phi) is 4.93. The van der Waals surface area contributed by atoms with Crippen LogP contribution in [0.4, 0.5) is 0 Å². The molecule has 1 fully saturated rings. The van der Waals surface area contributed by atoms with E-state index < -0.39 is 23.2 Å². The van der Waals surface area contributed by atoms with Gasteiger partial charge in [0.25, 0.3) is 5.91 Å². The van der Waals surface area contributed by atoms with Gasteiger partial charge in [-0.05, 0) is 31.0 Å². The van der Waals surface area contributed by atoms with Crippen molar-refractivity contribution < 1.29 is 19.5 Å². The summed E-state index contributed by atoms with van der Waals surface area (Å²) in [4.78, 5) is 34.4. The van der Waals surface area contributed by atoms with Gasteiger partial charge in [0.1, 0.15) is 0 Å². The van der Waals surface area contributed by atoms with Crippen LogP contribution >= 0.6 is 23.2 Å². The van der Waals surface area contributed by atoms with Crippen LogP contribution in [0.15, 0.2) is 18.2 Å². The van der Waals surface area contributed by atoms with Crippen molar-refractivity contribution in [1.29, 1.82) is 0 Å². The second-order valence-corrected chi connectivity index (χ2v) is 5.99. The zero-order chi connectivity index (χ0) is 16.3. The van der Waals surface area contributed by atoms with Gasteiger partial charge in [0.05, 0.1) is 22.0 Å². The number of aliphatic carboxylic acids is 1. The molecule has 0 heterocycles. The van der Waals surface area contributed by atoms with Gasteiger partial charge < -0.3 is 15.7 Å². The monoisotopic (exact) mass is 344 g/mol. The zero-order valence-electron chi connectivity index (χ0n) is 11.5. The summed E-state index contributed by atoms with van der Waals surface area (Å²) in [7, 11) is 0. The van der Waals surface area contributed by atoms with E-state index in [1.54, 1.807) is 0 Å². The largest absolute Gasteiger partial charge is 0.481 e. The van der Waals surface area contributed by atoms with Gasteiger partial charge in [0.15, 0.2) is 0 Å². The number of halogens is 2. The summed E-state index contributed by atoms with van der Waals surface area (Å²) < 4.78 is 0. The minimum atomic E-state index is -0.910. The van der Waals surface area contributed by atoms with Crippen LogP contribution in [0.1, 0.15) is 23.2 Å². The summed E-state index contributed by atoms with van der Waals surface area (Å²) >= 11 is 11.6.